The first-order valence-electron chi connectivity index (χ1n) is 6.98. The second-order valence-electron chi connectivity index (χ2n) is 7.02. The van der Waals surface area contributed by atoms with E-state index in [2.05, 4.69) is 20.8 Å². The van der Waals surface area contributed by atoms with Crippen molar-refractivity contribution in [3.05, 3.63) is 28.8 Å². The smallest absolute Gasteiger partial charge is 0.126 e. The molecule has 0 radical (unpaired) electrons. The quantitative estimate of drug-likeness (QED) is 0.765. The topological polar surface area (TPSA) is 29.5 Å². The number of ether oxygens (including phenoxy) is 1. The number of aliphatic hydroxyl groups excluding tert-OH is 1. The average molecular weight is 281 g/mol. The van der Waals surface area contributed by atoms with Gasteiger partial charge in [-0.15, -0.1) is 0 Å². The van der Waals surface area contributed by atoms with E-state index < -0.39 is 6.10 Å². The van der Waals surface area contributed by atoms with Crippen LogP contribution >= 0.6 is 11.6 Å². The summed E-state index contributed by atoms with van der Waals surface area (Å²) in [5, 5.41) is 11.1. The molecule has 1 fully saturated rings. The summed E-state index contributed by atoms with van der Waals surface area (Å²) in [6.45, 7) is 6.80. The van der Waals surface area contributed by atoms with E-state index in [1.54, 1.807) is 0 Å². The molecular formula is C16H21ClO2. The molecule has 19 heavy (non-hydrogen) atoms. The number of fused-ring (bicyclic) bond motifs is 1. The number of halogens is 1. The first-order valence-corrected chi connectivity index (χ1v) is 7.36. The zero-order chi connectivity index (χ0) is 13.8. The molecule has 1 aliphatic heterocycles. The monoisotopic (exact) mass is 280 g/mol. The van der Waals surface area contributed by atoms with Crippen LogP contribution in [0.15, 0.2) is 18.2 Å². The van der Waals surface area contributed by atoms with Crippen molar-refractivity contribution < 1.29 is 9.84 Å². The molecule has 1 aromatic rings. The van der Waals surface area contributed by atoms with Gasteiger partial charge in [-0.25, -0.2) is 0 Å². The minimum Gasteiger partial charge on any atom is -0.486 e. The molecule has 1 heterocycles. The molecule has 0 amide bonds. The molecule has 3 atom stereocenters. The lowest BCUT2D eigenvalue weighted by Gasteiger charge is -2.41. The molecule has 3 rings (SSSR count). The second-order valence-corrected chi connectivity index (χ2v) is 7.45. The standard InChI is InChI=1S/C16H21ClO2/c1-10-7-15(2,3)9-16(10)8-13(18)12-6-11(17)4-5-14(12)19-16/h4-6,10,13,18H,7-9H2,1-3H3/t10?,13-,16?/m0/s1. The zero-order valence-electron chi connectivity index (χ0n) is 11.7. The summed E-state index contributed by atoms with van der Waals surface area (Å²) in [5.41, 5.74) is 0.891. The Labute approximate surface area is 119 Å². The van der Waals surface area contributed by atoms with Gasteiger partial charge in [0.25, 0.3) is 0 Å². The van der Waals surface area contributed by atoms with Gasteiger partial charge >= 0.3 is 0 Å². The highest BCUT2D eigenvalue weighted by Gasteiger charge is 2.53. The molecule has 2 aliphatic rings. The number of aliphatic hydroxyl groups is 1. The third-order valence-corrected chi connectivity index (χ3v) is 4.95. The van der Waals surface area contributed by atoms with Crippen LogP contribution in [0.5, 0.6) is 5.75 Å². The van der Waals surface area contributed by atoms with E-state index in [4.69, 9.17) is 16.3 Å². The molecule has 0 saturated heterocycles. The van der Waals surface area contributed by atoms with Crippen LogP contribution in [0.2, 0.25) is 5.02 Å². The molecule has 0 bridgehead atoms. The lowest BCUT2D eigenvalue weighted by Crippen LogP contribution is -2.43. The Morgan fingerprint density at radius 1 is 1.32 bits per heavy atom. The van der Waals surface area contributed by atoms with Gasteiger partial charge in [0, 0.05) is 17.0 Å². The fraction of sp³-hybridized carbons (Fsp3) is 0.625. The van der Waals surface area contributed by atoms with Crippen molar-refractivity contribution in [2.75, 3.05) is 0 Å². The molecular weight excluding hydrogens is 260 g/mol. The van der Waals surface area contributed by atoms with Crippen LogP contribution in [0.25, 0.3) is 0 Å². The SMILES string of the molecule is CC1CC(C)(C)CC12C[C@H](O)c1cc(Cl)ccc1O2. The van der Waals surface area contributed by atoms with E-state index in [0.29, 0.717) is 17.4 Å². The molecule has 1 saturated carbocycles. The van der Waals surface area contributed by atoms with Crippen molar-refractivity contribution in [3.8, 4) is 5.75 Å². The van der Waals surface area contributed by atoms with Gasteiger partial charge in [-0.3, -0.25) is 0 Å². The van der Waals surface area contributed by atoms with Gasteiger partial charge in [0.2, 0.25) is 0 Å². The first-order chi connectivity index (χ1) is 8.81. The molecule has 104 valence electrons. The van der Waals surface area contributed by atoms with E-state index in [-0.39, 0.29) is 11.0 Å². The minimum absolute atomic E-state index is 0.219. The second kappa shape index (κ2) is 4.13. The maximum atomic E-state index is 10.5. The van der Waals surface area contributed by atoms with E-state index in [1.165, 1.54) is 0 Å². The maximum Gasteiger partial charge on any atom is 0.126 e. The Kier molecular flexibility index (Phi) is 2.88. The number of benzene rings is 1. The summed E-state index contributed by atoms with van der Waals surface area (Å²) in [7, 11) is 0. The summed E-state index contributed by atoms with van der Waals surface area (Å²) in [6, 6.07) is 5.54. The number of hydrogen-bond donors (Lipinski definition) is 1. The highest BCUT2D eigenvalue weighted by molar-refractivity contribution is 6.30. The first kappa shape index (κ1) is 13.3. The van der Waals surface area contributed by atoms with Crippen LogP contribution in [0.3, 0.4) is 0 Å². The normalized spacial score (nSPS) is 36.1. The summed E-state index contributed by atoms with van der Waals surface area (Å²) in [6.07, 6.45) is 2.34. The lowest BCUT2D eigenvalue weighted by atomic mass is 9.81. The molecule has 0 aromatic heterocycles. The Hall–Kier alpha value is -0.730. The van der Waals surface area contributed by atoms with Crippen molar-refractivity contribution in [1.82, 2.24) is 0 Å². The third-order valence-electron chi connectivity index (χ3n) is 4.72. The average Bonchev–Trinajstić information content (AvgIpc) is 2.49. The number of rotatable bonds is 0. The summed E-state index contributed by atoms with van der Waals surface area (Å²) in [5.74, 6) is 1.26. The predicted octanol–water partition coefficient (Wildman–Crippen LogP) is 4.35. The van der Waals surface area contributed by atoms with Gasteiger partial charge in [-0.2, -0.15) is 0 Å². The van der Waals surface area contributed by atoms with Gasteiger partial charge in [0.15, 0.2) is 0 Å². The Morgan fingerprint density at radius 3 is 2.68 bits per heavy atom. The van der Waals surface area contributed by atoms with Gasteiger partial charge in [0.1, 0.15) is 11.4 Å². The van der Waals surface area contributed by atoms with Gasteiger partial charge < -0.3 is 9.84 Å². The van der Waals surface area contributed by atoms with Crippen LogP contribution < -0.4 is 4.74 Å². The van der Waals surface area contributed by atoms with Crippen LogP contribution in [-0.2, 0) is 0 Å². The highest BCUT2D eigenvalue weighted by atomic mass is 35.5. The molecule has 1 aliphatic carbocycles. The van der Waals surface area contributed by atoms with E-state index in [1.807, 2.05) is 18.2 Å². The maximum absolute atomic E-state index is 10.5. The molecule has 2 unspecified atom stereocenters. The van der Waals surface area contributed by atoms with Crippen LogP contribution in [-0.4, -0.2) is 10.7 Å². The molecule has 3 heteroatoms. The minimum atomic E-state index is -0.473. The number of hydrogen-bond acceptors (Lipinski definition) is 2. The Bertz CT molecular complexity index is 511. The van der Waals surface area contributed by atoms with E-state index >= 15 is 0 Å². The molecule has 1 N–H and O–H groups in total. The molecule has 1 aromatic carbocycles. The van der Waals surface area contributed by atoms with Crippen LogP contribution in [0.4, 0.5) is 0 Å². The van der Waals surface area contributed by atoms with Crippen molar-refractivity contribution >= 4 is 11.6 Å². The Balaban J connectivity index is 1.99. The van der Waals surface area contributed by atoms with Crippen molar-refractivity contribution in [2.24, 2.45) is 11.3 Å². The Morgan fingerprint density at radius 2 is 2.05 bits per heavy atom. The third kappa shape index (κ3) is 2.15. The van der Waals surface area contributed by atoms with Crippen LogP contribution in [0.1, 0.15) is 51.7 Å². The van der Waals surface area contributed by atoms with Crippen LogP contribution in [0, 0.1) is 11.3 Å². The predicted molar refractivity (Wildman–Crippen MR) is 76.6 cm³/mol. The summed E-state index contributed by atoms with van der Waals surface area (Å²) in [4.78, 5) is 0. The van der Waals surface area contributed by atoms with Crippen molar-refractivity contribution in [3.63, 3.8) is 0 Å². The summed E-state index contributed by atoms with van der Waals surface area (Å²) >= 11 is 6.00. The summed E-state index contributed by atoms with van der Waals surface area (Å²) < 4.78 is 6.34. The van der Waals surface area contributed by atoms with E-state index in [0.717, 1.165) is 24.2 Å². The lowest BCUT2D eigenvalue weighted by molar-refractivity contribution is -0.0391. The fourth-order valence-electron chi connectivity index (χ4n) is 4.05. The van der Waals surface area contributed by atoms with Gasteiger partial charge in [0.05, 0.1) is 6.10 Å². The zero-order valence-corrected chi connectivity index (χ0v) is 12.5. The molecule has 1 spiro atoms. The largest absolute Gasteiger partial charge is 0.486 e. The highest BCUT2D eigenvalue weighted by Crippen LogP contribution is 2.55. The van der Waals surface area contributed by atoms with E-state index in [9.17, 15) is 5.11 Å². The van der Waals surface area contributed by atoms with Crippen molar-refractivity contribution in [1.29, 1.82) is 0 Å². The van der Waals surface area contributed by atoms with Gasteiger partial charge in [-0.05, 0) is 42.4 Å². The van der Waals surface area contributed by atoms with Crippen molar-refractivity contribution in [2.45, 2.75) is 51.7 Å². The fourth-order valence-corrected chi connectivity index (χ4v) is 4.23. The molecule has 2 nitrogen and oxygen atoms in total. The van der Waals surface area contributed by atoms with Gasteiger partial charge in [-0.1, -0.05) is 32.4 Å².